The topological polar surface area (TPSA) is 56.5 Å². The van der Waals surface area contributed by atoms with Gasteiger partial charge in [-0.1, -0.05) is 53.0 Å². The molecule has 0 heterocycles. The molecule has 0 saturated carbocycles. The number of aryl methyl sites for hydroxylation is 2. The molecule has 0 saturated heterocycles. The summed E-state index contributed by atoms with van der Waals surface area (Å²) in [4.78, 5) is 12.1. The van der Waals surface area contributed by atoms with E-state index in [0.717, 1.165) is 16.1 Å². The summed E-state index contributed by atoms with van der Waals surface area (Å²) in [7, 11) is 0. The monoisotopic (exact) mass is 359 g/mol. The SMILES string of the molecule is CC(=O)N(/N=C(\C#N)c1ccc(C)cc1)c1c(Cl)cc(C)cc1Cl. The van der Waals surface area contributed by atoms with E-state index in [9.17, 15) is 10.1 Å². The maximum Gasteiger partial charge on any atom is 0.244 e. The van der Waals surface area contributed by atoms with Crippen molar-refractivity contribution in [3.05, 3.63) is 63.1 Å². The number of hydrogen-bond acceptors (Lipinski definition) is 3. The summed E-state index contributed by atoms with van der Waals surface area (Å²) in [5.41, 5.74) is 2.88. The molecule has 122 valence electrons. The van der Waals surface area contributed by atoms with E-state index in [1.54, 1.807) is 24.3 Å². The van der Waals surface area contributed by atoms with Crippen LogP contribution in [0, 0.1) is 25.2 Å². The van der Waals surface area contributed by atoms with Crippen molar-refractivity contribution in [1.82, 2.24) is 0 Å². The van der Waals surface area contributed by atoms with Gasteiger partial charge in [0, 0.05) is 12.5 Å². The highest BCUT2D eigenvalue weighted by Gasteiger charge is 2.20. The second-order valence-electron chi connectivity index (χ2n) is 5.33. The van der Waals surface area contributed by atoms with Crippen molar-refractivity contribution < 1.29 is 4.79 Å². The van der Waals surface area contributed by atoms with Crippen LogP contribution in [-0.4, -0.2) is 11.6 Å². The summed E-state index contributed by atoms with van der Waals surface area (Å²) in [6.45, 7) is 5.12. The van der Waals surface area contributed by atoms with Crippen LogP contribution in [0.2, 0.25) is 10.0 Å². The van der Waals surface area contributed by atoms with E-state index in [2.05, 4.69) is 5.10 Å². The van der Waals surface area contributed by atoms with Crippen molar-refractivity contribution in [2.75, 3.05) is 5.01 Å². The quantitative estimate of drug-likeness (QED) is 0.578. The molecule has 2 rings (SSSR count). The van der Waals surface area contributed by atoms with E-state index in [0.29, 0.717) is 15.6 Å². The smallest absolute Gasteiger partial charge is 0.244 e. The number of nitriles is 1. The van der Waals surface area contributed by atoms with Gasteiger partial charge in [0.15, 0.2) is 5.71 Å². The van der Waals surface area contributed by atoms with Crippen LogP contribution in [0.15, 0.2) is 41.5 Å². The lowest BCUT2D eigenvalue weighted by molar-refractivity contribution is -0.116. The number of rotatable bonds is 3. The molecule has 0 bridgehead atoms. The first kappa shape index (κ1) is 18.0. The molecule has 0 aliphatic rings. The molecular weight excluding hydrogens is 345 g/mol. The van der Waals surface area contributed by atoms with Gasteiger partial charge in [-0.3, -0.25) is 4.79 Å². The first-order valence-corrected chi connectivity index (χ1v) is 7.91. The molecule has 0 aromatic heterocycles. The van der Waals surface area contributed by atoms with Gasteiger partial charge in [-0.2, -0.15) is 15.4 Å². The first-order valence-electron chi connectivity index (χ1n) is 7.15. The lowest BCUT2D eigenvalue weighted by Gasteiger charge is -2.19. The van der Waals surface area contributed by atoms with Gasteiger partial charge in [-0.25, -0.2) is 0 Å². The van der Waals surface area contributed by atoms with Crippen molar-refractivity contribution >= 4 is 40.5 Å². The van der Waals surface area contributed by atoms with E-state index in [1.165, 1.54) is 6.92 Å². The van der Waals surface area contributed by atoms with Crippen molar-refractivity contribution in [3.63, 3.8) is 0 Å². The maximum absolute atomic E-state index is 12.1. The second kappa shape index (κ2) is 7.48. The Balaban J connectivity index is 2.58. The molecule has 4 nitrogen and oxygen atoms in total. The fraction of sp³-hybridized carbons (Fsp3) is 0.167. The van der Waals surface area contributed by atoms with Gasteiger partial charge < -0.3 is 0 Å². The van der Waals surface area contributed by atoms with Crippen molar-refractivity contribution in [1.29, 1.82) is 5.26 Å². The highest BCUT2D eigenvalue weighted by Crippen LogP contribution is 2.35. The minimum Gasteiger partial charge on any atom is -0.273 e. The van der Waals surface area contributed by atoms with Crippen LogP contribution in [0.3, 0.4) is 0 Å². The molecule has 24 heavy (non-hydrogen) atoms. The third kappa shape index (κ3) is 3.94. The second-order valence-corrected chi connectivity index (χ2v) is 6.15. The number of hydrogen-bond donors (Lipinski definition) is 0. The summed E-state index contributed by atoms with van der Waals surface area (Å²) in [6, 6.07) is 12.7. The number of nitrogens with zero attached hydrogens (tertiary/aromatic N) is 3. The minimum atomic E-state index is -0.400. The zero-order chi connectivity index (χ0) is 17.9. The lowest BCUT2D eigenvalue weighted by atomic mass is 10.1. The molecule has 6 heteroatoms. The van der Waals surface area contributed by atoms with E-state index in [4.69, 9.17) is 23.2 Å². The van der Waals surface area contributed by atoms with Gasteiger partial charge >= 0.3 is 0 Å². The Labute approximate surface area is 150 Å². The molecule has 0 aliphatic carbocycles. The van der Waals surface area contributed by atoms with Gasteiger partial charge in [-0.05, 0) is 31.5 Å². The summed E-state index contributed by atoms with van der Waals surface area (Å²) in [6.07, 6.45) is 0. The zero-order valence-electron chi connectivity index (χ0n) is 13.5. The molecule has 2 aromatic carbocycles. The summed E-state index contributed by atoms with van der Waals surface area (Å²) >= 11 is 12.5. The first-order chi connectivity index (χ1) is 11.3. The maximum atomic E-state index is 12.1. The Morgan fingerprint density at radius 3 is 2.08 bits per heavy atom. The summed E-state index contributed by atoms with van der Waals surface area (Å²) < 4.78 is 0. The molecule has 0 atom stereocenters. The zero-order valence-corrected chi connectivity index (χ0v) is 15.0. The molecule has 0 aliphatic heterocycles. The normalized spacial score (nSPS) is 11.1. The molecule has 0 unspecified atom stereocenters. The number of carbonyl (C=O) groups is 1. The Kier molecular flexibility index (Phi) is 5.61. The van der Waals surface area contributed by atoms with Gasteiger partial charge in [-0.15, -0.1) is 0 Å². The Bertz CT molecular complexity index is 829. The van der Waals surface area contributed by atoms with Crippen LogP contribution in [0.1, 0.15) is 23.6 Å². The molecule has 1 amide bonds. The van der Waals surface area contributed by atoms with Crippen LogP contribution < -0.4 is 5.01 Å². The molecular formula is C18H15Cl2N3O. The van der Waals surface area contributed by atoms with Gasteiger partial charge in [0.25, 0.3) is 0 Å². The molecule has 0 N–H and O–H groups in total. The van der Waals surface area contributed by atoms with E-state index < -0.39 is 5.91 Å². The van der Waals surface area contributed by atoms with Crippen LogP contribution in [0.25, 0.3) is 0 Å². The number of hydrazone groups is 1. The predicted octanol–water partition coefficient (Wildman–Crippen LogP) is 4.89. The Hall–Kier alpha value is -2.35. The average molecular weight is 360 g/mol. The molecule has 2 aromatic rings. The van der Waals surface area contributed by atoms with Crippen LogP contribution >= 0.6 is 23.2 Å². The van der Waals surface area contributed by atoms with E-state index in [-0.39, 0.29) is 11.4 Å². The largest absolute Gasteiger partial charge is 0.273 e. The Morgan fingerprint density at radius 1 is 1.08 bits per heavy atom. The van der Waals surface area contributed by atoms with Crippen LogP contribution in [0.5, 0.6) is 0 Å². The van der Waals surface area contributed by atoms with Crippen molar-refractivity contribution in [2.24, 2.45) is 5.10 Å². The molecule has 0 fully saturated rings. The summed E-state index contributed by atoms with van der Waals surface area (Å²) in [5.74, 6) is -0.400. The van der Waals surface area contributed by atoms with Crippen LogP contribution in [-0.2, 0) is 4.79 Å². The minimum absolute atomic E-state index is 0.0953. The van der Waals surface area contributed by atoms with Crippen LogP contribution in [0.4, 0.5) is 5.69 Å². The number of halogens is 2. The standard InChI is InChI=1S/C18H15Cl2N3O/c1-11-4-6-14(7-5-11)17(10-21)22-23(13(3)24)18-15(19)8-12(2)9-16(18)20/h4-9H,1-3H3/b22-17+. The lowest BCUT2D eigenvalue weighted by Crippen LogP contribution is -2.25. The van der Waals surface area contributed by atoms with Gasteiger partial charge in [0.2, 0.25) is 5.91 Å². The highest BCUT2D eigenvalue weighted by atomic mass is 35.5. The predicted molar refractivity (Wildman–Crippen MR) is 97.7 cm³/mol. The molecule has 0 spiro atoms. The summed E-state index contributed by atoms with van der Waals surface area (Å²) in [5, 5.41) is 15.3. The highest BCUT2D eigenvalue weighted by molar-refractivity contribution is 6.40. The van der Waals surface area contributed by atoms with Gasteiger partial charge in [0.1, 0.15) is 11.8 Å². The number of benzene rings is 2. The van der Waals surface area contributed by atoms with Crippen molar-refractivity contribution in [3.8, 4) is 6.07 Å². The average Bonchev–Trinajstić information content (AvgIpc) is 2.50. The van der Waals surface area contributed by atoms with E-state index >= 15 is 0 Å². The number of amides is 1. The van der Waals surface area contributed by atoms with Gasteiger partial charge in [0.05, 0.1) is 10.0 Å². The Morgan fingerprint density at radius 2 is 1.62 bits per heavy atom. The fourth-order valence-corrected chi connectivity index (χ4v) is 2.88. The number of anilines is 1. The molecule has 0 radical (unpaired) electrons. The fourth-order valence-electron chi connectivity index (χ4n) is 2.13. The van der Waals surface area contributed by atoms with E-state index in [1.807, 2.05) is 32.0 Å². The number of carbonyl (C=O) groups excluding carboxylic acids is 1. The van der Waals surface area contributed by atoms with Crippen molar-refractivity contribution in [2.45, 2.75) is 20.8 Å². The third-order valence-corrected chi connectivity index (χ3v) is 3.88. The third-order valence-electron chi connectivity index (χ3n) is 3.30.